The Morgan fingerprint density at radius 2 is 1.47 bits per heavy atom. The van der Waals surface area contributed by atoms with Crippen molar-refractivity contribution < 1.29 is 5.11 Å². The average Bonchev–Trinajstić information content (AvgIpc) is 2.34. The fourth-order valence-corrected chi connectivity index (χ4v) is 2.11. The molecule has 108 valence electrons. The molecule has 0 fully saturated rings. The van der Waals surface area contributed by atoms with Crippen LogP contribution in [0.2, 0.25) is 0 Å². The van der Waals surface area contributed by atoms with E-state index in [0.717, 1.165) is 31.5 Å². The SMILES string of the molecule is CCCNCCC(C)(O)c1ccc(C(C)(C)C)cc1. The van der Waals surface area contributed by atoms with Gasteiger partial charge in [-0.25, -0.2) is 0 Å². The first-order chi connectivity index (χ1) is 8.77. The minimum atomic E-state index is -0.753. The molecule has 0 spiro atoms. The maximum Gasteiger partial charge on any atom is 0.0880 e. The Hall–Kier alpha value is -0.860. The summed E-state index contributed by atoms with van der Waals surface area (Å²) in [7, 11) is 0. The number of hydrogen-bond donors (Lipinski definition) is 2. The molecular weight excluding hydrogens is 234 g/mol. The molecule has 1 aromatic carbocycles. The highest BCUT2D eigenvalue weighted by Gasteiger charge is 2.23. The van der Waals surface area contributed by atoms with Crippen molar-refractivity contribution in [2.75, 3.05) is 13.1 Å². The lowest BCUT2D eigenvalue weighted by Crippen LogP contribution is -2.28. The number of rotatable bonds is 6. The number of benzene rings is 1. The van der Waals surface area contributed by atoms with Gasteiger partial charge in [-0.1, -0.05) is 52.0 Å². The molecule has 2 heteroatoms. The van der Waals surface area contributed by atoms with Gasteiger partial charge < -0.3 is 10.4 Å². The molecule has 0 heterocycles. The molecule has 1 atom stereocenters. The van der Waals surface area contributed by atoms with Crippen molar-refractivity contribution in [1.82, 2.24) is 5.32 Å². The summed E-state index contributed by atoms with van der Waals surface area (Å²) >= 11 is 0. The molecule has 1 aromatic rings. The first-order valence-corrected chi connectivity index (χ1v) is 7.31. The predicted octanol–water partition coefficient (Wildman–Crippen LogP) is 3.58. The molecular formula is C17H29NO. The minimum Gasteiger partial charge on any atom is -0.385 e. The van der Waals surface area contributed by atoms with E-state index in [4.69, 9.17) is 0 Å². The van der Waals surface area contributed by atoms with E-state index < -0.39 is 5.60 Å². The maximum atomic E-state index is 10.5. The van der Waals surface area contributed by atoms with Gasteiger partial charge in [-0.15, -0.1) is 0 Å². The molecule has 0 amide bonds. The van der Waals surface area contributed by atoms with Crippen LogP contribution in [0, 0.1) is 0 Å². The summed E-state index contributed by atoms with van der Waals surface area (Å²) in [6, 6.07) is 8.37. The van der Waals surface area contributed by atoms with E-state index in [2.05, 4.69) is 57.3 Å². The Bertz CT molecular complexity index is 373. The highest BCUT2D eigenvalue weighted by Crippen LogP contribution is 2.28. The van der Waals surface area contributed by atoms with Crippen molar-refractivity contribution in [3.8, 4) is 0 Å². The van der Waals surface area contributed by atoms with E-state index in [-0.39, 0.29) is 5.41 Å². The van der Waals surface area contributed by atoms with Crippen molar-refractivity contribution >= 4 is 0 Å². The van der Waals surface area contributed by atoms with Crippen molar-refractivity contribution in [1.29, 1.82) is 0 Å². The summed E-state index contributed by atoms with van der Waals surface area (Å²) < 4.78 is 0. The third-order valence-electron chi connectivity index (χ3n) is 3.59. The highest BCUT2D eigenvalue weighted by molar-refractivity contribution is 5.30. The minimum absolute atomic E-state index is 0.160. The smallest absolute Gasteiger partial charge is 0.0880 e. The molecule has 2 N–H and O–H groups in total. The van der Waals surface area contributed by atoms with Gasteiger partial charge in [-0.05, 0) is 49.4 Å². The van der Waals surface area contributed by atoms with Crippen LogP contribution in [0.25, 0.3) is 0 Å². The van der Waals surface area contributed by atoms with Gasteiger partial charge in [0.25, 0.3) is 0 Å². The third kappa shape index (κ3) is 4.96. The first-order valence-electron chi connectivity index (χ1n) is 7.31. The molecule has 0 aliphatic heterocycles. The second-order valence-electron chi connectivity index (χ2n) is 6.60. The van der Waals surface area contributed by atoms with E-state index in [1.54, 1.807) is 0 Å². The van der Waals surface area contributed by atoms with E-state index >= 15 is 0 Å². The highest BCUT2D eigenvalue weighted by atomic mass is 16.3. The van der Waals surface area contributed by atoms with Gasteiger partial charge in [-0.3, -0.25) is 0 Å². The van der Waals surface area contributed by atoms with E-state index in [9.17, 15) is 5.11 Å². The van der Waals surface area contributed by atoms with Gasteiger partial charge in [0.2, 0.25) is 0 Å². The van der Waals surface area contributed by atoms with Crippen molar-refractivity contribution in [3.63, 3.8) is 0 Å². The topological polar surface area (TPSA) is 32.3 Å². The molecule has 0 aromatic heterocycles. The largest absolute Gasteiger partial charge is 0.385 e. The molecule has 0 saturated heterocycles. The zero-order valence-electron chi connectivity index (χ0n) is 13.1. The Kier molecular flexibility index (Phi) is 5.57. The molecule has 0 aliphatic carbocycles. The second kappa shape index (κ2) is 6.53. The maximum absolute atomic E-state index is 10.5. The summed E-state index contributed by atoms with van der Waals surface area (Å²) in [6.45, 7) is 12.5. The summed E-state index contributed by atoms with van der Waals surface area (Å²) in [5.74, 6) is 0. The van der Waals surface area contributed by atoms with E-state index in [1.807, 2.05) is 6.92 Å². The van der Waals surface area contributed by atoms with E-state index in [0.29, 0.717) is 0 Å². The van der Waals surface area contributed by atoms with E-state index in [1.165, 1.54) is 5.56 Å². The Morgan fingerprint density at radius 3 is 1.95 bits per heavy atom. The van der Waals surface area contributed by atoms with Crippen LogP contribution in [0.1, 0.15) is 58.6 Å². The fraction of sp³-hybridized carbons (Fsp3) is 0.647. The lowest BCUT2D eigenvalue weighted by atomic mass is 9.84. The molecule has 2 nitrogen and oxygen atoms in total. The normalized spacial score (nSPS) is 15.3. The number of aliphatic hydroxyl groups is 1. The second-order valence-corrected chi connectivity index (χ2v) is 6.60. The predicted molar refractivity (Wildman–Crippen MR) is 82.5 cm³/mol. The van der Waals surface area contributed by atoms with Gasteiger partial charge in [0.05, 0.1) is 5.60 Å². The van der Waals surface area contributed by atoms with Crippen LogP contribution in [0.15, 0.2) is 24.3 Å². The Morgan fingerprint density at radius 1 is 0.947 bits per heavy atom. The zero-order valence-corrected chi connectivity index (χ0v) is 13.1. The van der Waals surface area contributed by atoms with Gasteiger partial charge in [0.15, 0.2) is 0 Å². The standard InChI is InChI=1S/C17H29NO/c1-6-12-18-13-11-17(5,19)15-9-7-14(8-10-15)16(2,3)4/h7-10,18-19H,6,11-13H2,1-5H3. The molecule has 19 heavy (non-hydrogen) atoms. The average molecular weight is 263 g/mol. The van der Waals surface area contributed by atoms with Crippen LogP contribution in [-0.2, 0) is 11.0 Å². The van der Waals surface area contributed by atoms with Crippen LogP contribution in [0.4, 0.5) is 0 Å². The Balaban J connectivity index is 2.68. The monoisotopic (exact) mass is 263 g/mol. The van der Waals surface area contributed by atoms with Gasteiger partial charge in [-0.2, -0.15) is 0 Å². The zero-order chi connectivity index (χ0) is 14.5. The molecule has 1 unspecified atom stereocenters. The molecule has 0 bridgehead atoms. The van der Waals surface area contributed by atoms with Crippen molar-refractivity contribution in [2.24, 2.45) is 0 Å². The first kappa shape index (κ1) is 16.2. The van der Waals surface area contributed by atoms with Crippen molar-refractivity contribution in [3.05, 3.63) is 35.4 Å². The molecule has 0 radical (unpaired) electrons. The lowest BCUT2D eigenvalue weighted by Gasteiger charge is -2.26. The fourth-order valence-electron chi connectivity index (χ4n) is 2.11. The van der Waals surface area contributed by atoms with Gasteiger partial charge in [0, 0.05) is 0 Å². The number of nitrogens with one attached hydrogen (secondary N) is 1. The quantitative estimate of drug-likeness (QED) is 0.769. The van der Waals surface area contributed by atoms with Gasteiger partial charge in [0.1, 0.15) is 0 Å². The van der Waals surface area contributed by atoms with Crippen LogP contribution < -0.4 is 5.32 Å². The van der Waals surface area contributed by atoms with Crippen LogP contribution in [0.3, 0.4) is 0 Å². The van der Waals surface area contributed by atoms with Crippen LogP contribution in [0.5, 0.6) is 0 Å². The number of hydrogen-bond acceptors (Lipinski definition) is 2. The lowest BCUT2D eigenvalue weighted by molar-refractivity contribution is 0.0480. The summed E-state index contributed by atoms with van der Waals surface area (Å²) in [5.41, 5.74) is 1.71. The summed E-state index contributed by atoms with van der Waals surface area (Å²) in [4.78, 5) is 0. The Labute approximate surface area is 118 Å². The molecule has 1 rings (SSSR count). The molecule has 0 saturated carbocycles. The third-order valence-corrected chi connectivity index (χ3v) is 3.59. The van der Waals surface area contributed by atoms with Crippen LogP contribution >= 0.6 is 0 Å². The van der Waals surface area contributed by atoms with Gasteiger partial charge >= 0.3 is 0 Å². The summed E-state index contributed by atoms with van der Waals surface area (Å²) in [6.07, 6.45) is 1.87. The summed E-state index contributed by atoms with van der Waals surface area (Å²) in [5, 5.41) is 13.9. The van der Waals surface area contributed by atoms with Crippen molar-refractivity contribution in [2.45, 2.75) is 58.5 Å². The van der Waals surface area contributed by atoms with Crippen LogP contribution in [-0.4, -0.2) is 18.2 Å². The molecule has 0 aliphatic rings.